The van der Waals surface area contributed by atoms with E-state index in [4.69, 9.17) is 19.2 Å². The van der Waals surface area contributed by atoms with Crippen LogP contribution in [0.1, 0.15) is 88.3 Å². The van der Waals surface area contributed by atoms with E-state index in [0.29, 0.717) is 76.2 Å². The summed E-state index contributed by atoms with van der Waals surface area (Å²) in [4.78, 5) is 35.5. The Kier molecular flexibility index (Phi) is 11.0. The average Bonchev–Trinajstić information content (AvgIpc) is 3.63. The van der Waals surface area contributed by atoms with Gasteiger partial charge in [0.05, 0.1) is 26.5 Å². The molecule has 1 aromatic carbocycles. The zero-order valence-corrected chi connectivity index (χ0v) is 29.0. The molecule has 2 aliphatic carbocycles. The summed E-state index contributed by atoms with van der Waals surface area (Å²) >= 11 is 0. The predicted octanol–water partition coefficient (Wildman–Crippen LogP) is 7.18. The van der Waals surface area contributed by atoms with Gasteiger partial charge in [-0.25, -0.2) is 9.78 Å². The molecular weight excluding hydrogens is 606 g/mol. The Morgan fingerprint density at radius 1 is 0.979 bits per heavy atom. The molecule has 2 saturated carbocycles. The quantitative estimate of drug-likeness (QED) is 0.240. The topological polar surface area (TPSA) is 99.0 Å². The van der Waals surface area contributed by atoms with Crippen LogP contribution in [0, 0.1) is 18.8 Å². The fourth-order valence-electron chi connectivity index (χ4n) is 7.51. The Labute approximate surface area is 284 Å². The molecule has 258 valence electrons. The second-order valence-corrected chi connectivity index (χ2v) is 14.1. The molecule has 0 bridgehead atoms. The lowest BCUT2D eigenvalue weighted by molar-refractivity contribution is -0.124. The first-order valence-electron chi connectivity index (χ1n) is 17.8. The second kappa shape index (κ2) is 15.5. The first kappa shape index (κ1) is 34.0. The summed E-state index contributed by atoms with van der Waals surface area (Å²) in [7, 11) is 1.72. The van der Waals surface area contributed by atoms with Crippen LogP contribution >= 0.6 is 0 Å². The second-order valence-electron chi connectivity index (χ2n) is 14.1. The lowest BCUT2D eigenvalue weighted by atomic mass is 9.78. The van der Waals surface area contributed by atoms with Crippen LogP contribution in [0.5, 0.6) is 5.75 Å². The number of pyridine rings is 1. The normalized spacial score (nSPS) is 23.1. The fourth-order valence-corrected chi connectivity index (χ4v) is 7.51. The summed E-state index contributed by atoms with van der Waals surface area (Å²) in [6.07, 6.45) is 12.4. The van der Waals surface area contributed by atoms with Crippen molar-refractivity contribution in [2.75, 3.05) is 44.9 Å². The SMILES string of the molecule is COc1ccc(C2CCC(CN(C(=O)C3CCC(OC(=O)N4CCOCC4)CC3)c3cc(-c4cnn(C(C)C)c4)ccn3)CC2)cc1C. The first-order chi connectivity index (χ1) is 23.3. The number of carbonyl (C=O) groups is 2. The highest BCUT2D eigenvalue weighted by atomic mass is 16.6. The van der Waals surface area contributed by atoms with E-state index >= 15 is 0 Å². The molecule has 1 saturated heterocycles. The van der Waals surface area contributed by atoms with E-state index in [0.717, 1.165) is 42.6 Å². The molecule has 3 fully saturated rings. The number of hydrogen-bond donors (Lipinski definition) is 0. The summed E-state index contributed by atoms with van der Waals surface area (Å²) in [5.41, 5.74) is 4.56. The Balaban J connectivity index is 1.15. The van der Waals surface area contributed by atoms with Crippen LogP contribution in [0.25, 0.3) is 11.1 Å². The molecule has 2 amide bonds. The summed E-state index contributed by atoms with van der Waals surface area (Å²) in [5, 5.41) is 4.54. The van der Waals surface area contributed by atoms with Gasteiger partial charge in [-0.05, 0) is 119 Å². The first-order valence-corrected chi connectivity index (χ1v) is 17.8. The van der Waals surface area contributed by atoms with E-state index in [-0.39, 0.29) is 30.1 Å². The van der Waals surface area contributed by atoms with Crippen molar-refractivity contribution in [1.82, 2.24) is 19.7 Å². The number of rotatable bonds is 9. The standard InChI is InChI=1S/C38H51N5O5/c1-26(2)43-25-33(23-40-43)32-15-16-39-36(22-32)42(24-28-5-7-29(8-6-28)31-11-14-35(46-4)27(3)21-31)37(44)30-9-12-34(13-10-30)48-38(45)41-17-19-47-20-18-41/h11,14-16,21-23,25-26,28-30,34H,5-10,12-13,17-20,24H2,1-4H3. The van der Waals surface area contributed by atoms with Gasteiger partial charge < -0.3 is 19.1 Å². The van der Waals surface area contributed by atoms with E-state index in [1.54, 1.807) is 12.0 Å². The highest BCUT2D eigenvalue weighted by molar-refractivity contribution is 5.94. The zero-order valence-electron chi connectivity index (χ0n) is 29.0. The van der Waals surface area contributed by atoms with Gasteiger partial charge in [-0.15, -0.1) is 0 Å². The molecule has 3 heterocycles. The van der Waals surface area contributed by atoms with Crippen molar-refractivity contribution in [1.29, 1.82) is 0 Å². The number of ether oxygens (including phenoxy) is 3. The van der Waals surface area contributed by atoms with Gasteiger partial charge in [-0.3, -0.25) is 14.4 Å². The van der Waals surface area contributed by atoms with Crippen molar-refractivity contribution in [2.45, 2.75) is 90.2 Å². The average molecular weight is 658 g/mol. The van der Waals surface area contributed by atoms with E-state index in [1.807, 2.05) is 34.1 Å². The zero-order chi connectivity index (χ0) is 33.6. The highest BCUT2D eigenvalue weighted by Gasteiger charge is 2.35. The van der Waals surface area contributed by atoms with Crippen LogP contribution in [-0.4, -0.2) is 77.7 Å². The molecule has 1 aliphatic heterocycles. The molecular formula is C38H51N5O5. The molecule has 3 aromatic rings. The van der Waals surface area contributed by atoms with Crippen LogP contribution in [0.15, 0.2) is 48.9 Å². The van der Waals surface area contributed by atoms with E-state index in [2.05, 4.69) is 50.3 Å². The minimum Gasteiger partial charge on any atom is -0.496 e. The number of aromatic nitrogens is 3. The number of benzene rings is 1. The third kappa shape index (κ3) is 8.02. The molecule has 0 radical (unpaired) electrons. The molecule has 3 aliphatic rings. The Hall–Kier alpha value is -3.92. The predicted molar refractivity (Wildman–Crippen MR) is 185 cm³/mol. The number of amides is 2. The highest BCUT2D eigenvalue weighted by Crippen LogP contribution is 2.39. The van der Waals surface area contributed by atoms with Crippen LogP contribution in [0.2, 0.25) is 0 Å². The molecule has 0 spiro atoms. The largest absolute Gasteiger partial charge is 0.496 e. The number of aryl methyl sites for hydroxylation is 1. The van der Waals surface area contributed by atoms with Gasteiger partial charge in [0.1, 0.15) is 17.7 Å². The van der Waals surface area contributed by atoms with Gasteiger partial charge in [0.2, 0.25) is 5.91 Å². The number of nitrogens with zero attached hydrogens (tertiary/aromatic N) is 5. The number of hydrogen-bond acceptors (Lipinski definition) is 7. The monoisotopic (exact) mass is 657 g/mol. The Morgan fingerprint density at radius 2 is 1.73 bits per heavy atom. The molecule has 10 nitrogen and oxygen atoms in total. The van der Waals surface area contributed by atoms with Gasteiger partial charge in [0.15, 0.2) is 0 Å². The molecule has 6 rings (SSSR count). The van der Waals surface area contributed by atoms with Crippen molar-refractivity contribution in [3.05, 3.63) is 60.0 Å². The van der Waals surface area contributed by atoms with Gasteiger partial charge in [-0.1, -0.05) is 12.1 Å². The molecule has 0 N–H and O–H groups in total. The van der Waals surface area contributed by atoms with Crippen molar-refractivity contribution in [3.8, 4) is 16.9 Å². The van der Waals surface area contributed by atoms with Crippen LogP contribution in [0.3, 0.4) is 0 Å². The molecule has 48 heavy (non-hydrogen) atoms. The number of anilines is 1. The maximum absolute atomic E-state index is 14.4. The molecule has 0 unspecified atom stereocenters. The minimum absolute atomic E-state index is 0.128. The van der Waals surface area contributed by atoms with Gasteiger partial charge in [0.25, 0.3) is 0 Å². The van der Waals surface area contributed by atoms with Crippen LogP contribution < -0.4 is 9.64 Å². The van der Waals surface area contributed by atoms with Gasteiger partial charge in [-0.2, -0.15) is 5.10 Å². The lowest BCUT2D eigenvalue weighted by Gasteiger charge is -2.36. The smallest absolute Gasteiger partial charge is 0.410 e. The maximum atomic E-state index is 14.4. The lowest BCUT2D eigenvalue weighted by Crippen LogP contribution is -2.44. The van der Waals surface area contributed by atoms with Crippen molar-refractivity contribution >= 4 is 17.8 Å². The summed E-state index contributed by atoms with van der Waals surface area (Å²) in [6.45, 7) is 9.20. The van der Waals surface area contributed by atoms with Gasteiger partial charge >= 0.3 is 6.09 Å². The number of methoxy groups -OCH3 is 1. The van der Waals surface area contributed by atoms with E-state index in [9.17, 15) is 9.59 Å². The van der Waals surface area contributed by atoms with Crippen LogP contribution in [0.4, 0.5) is 10.6 Å². The Bertz CT molecular complexity index is 1530. The third-order valence-corrected chi connectivity index (χ3v) is 10.5. The summed E-state index contributed by atoms with van der Waals surface area (Å²) < 4.78 is 18.7. The van der Waals surface area contributed by atoms with E-state index in [1.165, 1.54) is 11.1 Å². The number of carbonyl (C=O) groups excluding carboxylic acids is 2. The summed E-state index contributed by atoms with van der Waals surface area (Å²) in [5.74, 6) is 2.54. The molecule has 0 atom stereocenters. The fraction of sp³-hybridized carbons (Fsp3) is 0.579. The van der Waals surface area contributed by atoms with E-state index < -0.39 is 0 Å². The summed E-state index contributed by atoms with van der Waals surface area (Å²) in [6, 6.07) is 10.9. The van der Waals surface area contributed by atoms with Crippen molar-refractivity contribution < 1.29 is 23.8 Å². The van der Waals surface area contributed by atoms with Crippen molar-refractivity contribution in [3.63, 3.8) is 0 Å². The third-order valence-electron chi connectivity index (χ3n) is 10.5. The van der Waals surface area contributed by atoms with Gasteiger partial charge in [0, 0.05) is 49.6 Å². The van der Waals surface area contributed by atoms with Crippen molar-refractivity contribution in [2.24, 2.45) is 11.8 Å². The minimum atomic E-state index is -0.267. The number of morpholine rings is 1. The maximum Gasteiger partial charge on any atom is 0.410 e. The molecule has 10 heteroatoms. The van der Waals surface area contributed by atoms with Crippen LogP contribution in [-0.2, 0) is 14.3 Å². The Morgan fingerprint density at radius 3 is 2.40 bits per heavy atom. The molecule has 2 aromatic heterocycles.